The Kier molecular flexibility index (Phi) is 8.34. The van der Waals surface area contributed by atoms with E-state index in [1.54, 1.807) is 13.1 Å². The first kappa shape index (κ1) is 23.5. The van der Waals surface area contributed by atoms with Gasteiger partial charge in [-0.1, -0.05) is 18.2 Å². The van der Waals surface area contributed by atoms with Crippen LogP contribution in [0.25, 0.3) is 0 Å². The summed E-state index contributed by atoms with van der Waals surface area (Å²) in [6, 6.07) is 5.93. The average molecular weight is 414 g/mol. The molecule has 0 aliphatic carbocycles. The number of alkyl halides is 3. The molecule has 0 radical (unpaired) electrons. The van der Waals surface area contributed by atoms with Gasteiger partial charge in [0.05, 0.1) is 5.56 Å². The van der Waals surface area contributed by atoms with E-state index in [2.05, 4.69) is 46.6 Å². The normalized spacial score (nSPS) is 17.4. The second-order valence-corrected chi connectivity index (χ2v) is 8.57. The fourth-order valence-corrected chi connectivity index (χ4v) is 3.35. The van der Waals surface area contributed by atoms with E-state index in [1.807, 2.05) is 0 Å². The molecule has 5 nitrogen and oxygen atoms in total. The second kappa shape index (κ2) is 10.3. The van der Waals surface area contributed by atoms with Gasteiger partial charge in [-0.05, 0) is 45.2 Å². The number of nitrogens with zero attached hydrogens (tertiary/aromatic N) is 2. The number of benzene rings is 1. The molecule has 0 amide bonds. The number of guanidine groups is 1. The van der Waals surface area contributed by atoms with Crippen LogP contribution >= 0.6 is 0 Å². The molecule has 0 saturated carbocycles. The Morgan fingerprint density at radius 3 is 2.41 bits per heavy atom. The Hall–Kier alpha value is -1.80. The number of piperidine rings is 1. The third-order valence-corrected chi connectivity index (χ3v) is 4.89. The third-order valence-electron chi connectivity index (χ3n) is 4.89. The van der Waals surface area contributed by atoms with Crippen molar-refractivity contribution in [3.8, 4) is 0 Å². The molecule has 2 rings (SSSR count). The molecule has 1 fully saturated rings. The summed E-state index contributed by atoms with van der Waals surface area (Å²) in [6.07, 6.45) is -2.43. The van der Waals surface area contributed by atoms with E-state index in [0.717, 1.165) is 51.0 Å². The maximum Gasteiger partial charge on any atom is 0.416 e. The van der Waals surface area contributed by atoms with Crippen molar-refractivity contribution >= 4 is 5.96 Å². The molecule has 1 aliphatic heterocycles. The highest BCUT2D eigenvalue weighted by molar-refractivity contribution is 5.79. The Labute approximate surface area is 172 Å². The van der Waals surface area contributed by atoms with Gasteiger partial charge < -0.3 is 16.0 Å². The molecule has 0 spiro atoms. The van der Waals surface area contributed by atoms with Gasteiger partial charge in [0.25, 0.3) is 0 Å². The molecule has 0 atom stereocenters. The summed E-state index contributed by atoms with van der Waals surface area (Å²) in [6.45, 7) is 10.3. The summed E-state index contributed by atoms with van der Waals surface area (Å²) in [4.78, 5) is 6.49. The van der Waals surface area contributed by atoms with Gasteiger partial charge in [-0.3, -0.25) is 9.89 Å². The van der Waals surface area contributed by atoms with Crippen molar-refractivity contribution in [1.29, 1.82) is 0 Å². The molecule has 8 heteroatoms. The number of likely N-dealkylation sites (tertiary alicyclic amines) is 1. The molecular weight excluding hydrogens is 379 g/mol. The van der Waals surface area contributed by atoms with E-state index in [9.17, 15) is 13.2 Å². The largest absolute Gasteiger partial charge is 0.416 e. The van der Waals surface area contributed by atoms with Crippen LogP contribution in [-0.2, 0) is 12.7 Å². The molecule has 164 valence electrons. The van der Waals surface area contributed by atoms with Gasteiger partial charge >= 0.3 is 6.18 Å². The van der Waals surface area contributed by atoms with E-state index in [0.29, 0.717) is 18.2 Å². The predicted octanol–water partition coefficient (Wildman–Crippen LogP) is 3.22. The summed E-state index contributed by atoms with van der Waals surface area (Å²) < 4.78 is 38.6. The molecule has 1 saturated heterocycles. The lowest BCUT2D eigenvalue weighted by Crippen LogP contribution is -2.50. The third kappa shape index (κ3) is 8.62. The second-order valence-electron chi connectivity index (χ2n) is 8.57. The number of nitrogens with one attached hydrogen (secondary N) is 3. The summed E-state index contributed by atoms with van der Waals surface area (Å²) >= 11 is 0. The van der Waals surface area contributed by atoms with Crippen LogP contribution in [0.3, 0.4) is 0 Å². The quantitative estimate of drug-likeness (QED) is 0.381. The Morgan fingerprint density at radius 2 is 1.83 bits per heavy atom. The molecule has 0 aromatic heterocycles. The minimum Gasteiger partial charge on any atom is -0.355 e. The first-order chi connectivity index (χ1) is 13.6. The Balaban J connectivity index is 1.74. The number of rotatable bonds is 6. The van der Waals surface area contributed by atoms with Crippen LogP contribution in [0.5, 0.6) is 0 Å². The lowest BCUT2D eigenvalue weighted by molar-refractivity contribution is -0.137. The molecule has 1 heterocycles. The molecule has 1 aromatic carbocycles. The minimum absolute atomic E-state index is 0.0884. The van der Waals surface area contributed by atoms with Crippen LogP contribution < -0.4 is 16.0 Å². The Morgan fingerprint density at radius 1 is 1.14 bits per heavy atom. The predicted molar refractivity (Wildman–Crippen MR) is 112 cm³/mol. The van der Waals surface area contributed by atoms with Crippen LogP contribution in [-0.4, -0.2) is 55.7 Å². The maximum absolute atomic E-state index is 12.9. The highest BCUT2D eigenvalue weighted by atomic mass is 19.4. The van der Waals surface area contributed by atoms with Crippen LogP contribution in [0.15, 0.2) is 29.3 Å². The summed E-state index contributed by atoms with van der Waals surface area (Å²) in [5.74, 6) is 0.789. The fraction of sp³-hybridized carbons (Fsp3) is 0.667. The van der Waals surface area contributed by atoms with Crippen LogP contribution in [0.2, 0.25) is 0 Å². The number of halogens is 3. The molecule has 0 bridgehead atoms. The maximum atomic E-state index is 12.9. The van der Waals surface area contributed by atoms with Crippen molar-refractivity contribution in [2.45, 2.75) is 57.9 Å². The molecule has 1 aliphatic rings. The van der Waals surface area contributed by atoms with Crippen LogP contribution in [0.1, 0.15) is 44.7 Å². The van der Waals surface area contributed by atoms with Crippen molar-refractivity contribution in [2.75, 3.05) is 33.2 Å². The molecule has 1 aromatic rings. The first-order valence-electron chi connectivity index (χ1n) is 10.2. The highest BCUT2D eigenvalue weighted by Gasteiger charge is 2.30. The topological polar surface area (TPSA) is 51.7 Å². The van der Waals surface area contributed by atoms with Crippen LogP contribution in [0.4, 0.5) is 13.2 Å². The van der Waals surface area contributed by atoms with Crippen LogP contribution in [0, 0.1) is 0 Å². The summed E-state index contributed by atoms with van der Waals surface area (Å²) in [5.41, 5.74) is 0.211. The van der Waals surface area contributed by atoms with E-state index in [4.69, 9.17) is 0 Å². The monoisotopic (exact) mass is 413 g/mol. The van der Waals surface area contributed by atoms with Gasteiger partial charge in [0.2, 0.25) is 0 Å². The number of aliphatic imine (C=N–C) groups is 1. The standard InChI is InChI=1S/C21H34F3N5/c1-20(2,3)27-11-10-26-19(25-4)28-18-8-12-29(13-9-18)15-16-6-5-7-17(14-16)21(22,23)24/h5-7,14,18,27H,8-13,15H2,1-4H3,(H2,25,26,28). The summed E-state index contributed by atoms with van der Waals surface area (Å²) in [7, 11) is 1.76. The lowest BCUT2D eigenvalue weighted by atomic mass is 10.0. The summed E-state index contributed by atoms with van der Waals surface area (Å²) in [5, 5.41) is 10.2. The number of hydrogen-bond donors (Lipinski definition) is 3. The van der Waals surface area contributed by atoms with Crippen molar-refractivity contribution in [3.63, 3.8) is 0 Å². The van der Waals surface area contributed by atoms with E-state index in [1.165, 1.54) is 12.1 Å². The zero-order valence-electron chi connectivity index (χ0n) is 17.9. The van der Waals surface area contributed by atoms with Crippen molar-refractivity contribution < 1.29 is 13.2 Å². The Bertz CT molecular complexity index is 659. The van der Waals surface area contributed by atoms with Gasteiger partial charge in [-0.25, -0.2) is 0 Å². The van der Waals surface area contributed by atoms with Gasteiger partial charge in [-0.2, -0.15) is 13.2 Å². The highest BCUT2D eigenvalue weighted by Crippen LogP contribution is 2.30. The van der Waals surface area contributed by atoms with E-state index < -0.39 is 11.7 Å². The van der Waals surface area contributed by atoms with Gasteiger partial charge in [0, 0.05) is 51.4 Å². The van der Waals surface area contributed by atoms with Gasteiger partial charge in [0.1, 0.15) is 0 Å². The van der Waals surface area contributed by atoms with Crippen molar-refractivity contribution in [1.82, 2.24) is 20.9 Å². The van der Waals surface area contributed by atoms with Gasteiger partial charge in [0.15, 0.2) is 5.96 Å². The van der Waals surface area contributed by atoms with E-state index in [-0.39, 0.29) is 5.54 Å². The van der Waals surface area contributed by atoms with Crippen molar-refractivity contribution in [2.24, 2.45) is 4.99 Å². The minimum atomic E-state index is -4.29. The first-order valence-corrected chi connectivity index (χ1v) is 10.2. The lowest BCUT2D eigenvalue weighted by Gasteiger charge is -2.33. The van der Waals surface area contributed by atoms with Crippen molar-refractivity contribution in [3.05, 3.63) is 35.4 Å². The van der Waals surface area contributed by atoms with E-state index >= 15 is 0 Å². The zero-order valence-corrected chi connectivity index (χ0v) is 17.9. The van der Waals surface area contributed by atoms with Gasteiger partial charge in [-0.15, -0.1) is 0 Å². The number of hydrogen-bond acceptors (Lipinski definition) is 3. The molecule has 0 unspecified atom stereocenters. The fourth-order valence-electron chi connectivity index (χ4n) is 3.35. The average Bonchev–Trinajstić information content (AvgIpc) is 2.64. The zero-order chi connectivity index (χ0) is 21.5. The SMILES string of the molecule is CN=C(NCCNC(C)(C)C)NC1CCN(Cc2cccc(C(F)(F)F)c2)CC1. The smallest absolute Gasteiger partial charge is 0.355 e. The molecular formula is C21H34F3N5. The molecule has 29 heavy (non-hydrogen) atoms. The molecule has 3 N–H and O–H groups in total.